The first-order valence-corrected chi connectivity index (χ1v) is 7.70. The Labute approximate surface area is 148 Å². The summed E-state index contributed by atoms with van der Waals surface area (Å²) in [5.41, 5.74) is 8.28. The third-order valence-corrected chi connectivity index (χ3v) is 3.21. The van der Waals surface area contributed by atoms with Gasteiger partial charge in [0.25, 0.3) is 0 Å². The molecule has 1 fully saturated rings. The van der Waals surface area contributed by atoms with E-state index in [0.717, 1.165) is 20.8 Å². The van der Waals surface area contributed by atoms with Gasteiger partial charge in [-0.2, -0.15) is 0 Å². The van der Waals surface area contributed by atoms with E-state index in [1.54, 1.807) is 0 Å². The average Bonchev–Trinajstić information content (AvgIpc) is 2.54. The molecule has 0 radical (unpaired) electrons. The lowest BCUT2D eigenvalue weighted by molar-refractivity contribution is -0.307. The van der Waals surface area contributed by atoms with Gasteiger partial charge in [-0.25, -0.2) is 0 Å². The second-order valence-corrected chi connectivity index (χ2v) is 5.27. The van der Waals surface area contributed by atoms with Crippen LogP contribution in [-0.2, 0) is 38.1 Å². The predicted molar refractivity (Wildman–Crippen MR) is 82.4 cm³/mol. The van der Waals surface area contributed by atoms with E-state index in [2.05, 4.69) is 10.0 Å². The summed E-state index contributed by atoms with van der Waals surface area (Å²) in [5.74, 6) is -2.15. The average molecular weight is 375 g/mol. The van der Waals surface area contributed by atoms with Crippen LogP contribution >= 0.6 is 0 Å². The fourth-order valence-corrected chi connectivity index (χ4v) is 2.39. The fourth-order valence-electron chi connectivity index (χ4n) is 2.39. The van der Waals surface area contributed by atoms with Gasteiger partial charge < -0.3 is 28.8 Å². The van der Waals surface area contributed by atoms with Gasteiger partial charge in [-0.1, -0.05) is 5.11 Å². The van der Waals surface area contributed by atoms with Crippen molar-refractivity contribution < 1.29 is 43.2 Å². The highest BCUT2D eigenvalue weighted by Gasteiger charge is 2.52. The van der Waals surface area contributed by atoms with E-state index in [1.165, 1.54) is 0 Å². The van der Waals surface area contributed by atoms with Gasteiger partial charge in [0, 0.05) is 32.2 Å². The van der Waals surface area contributed by atoms with Crippen molar-refractivity contribution in [3.8, 4) is 0 Å². The second-order valence-electron chi connectivity index (χ2n) is 5.27. The number of carbonyl (C=O) groups excluding carboxylic acids is 3. The van der Waals surface area contributed by atoms with Gasteiger partial charge >= 0.3 is 17.9 Å². The molecule has 1 rings (SSSR count). The molecule has 0 aromatic heterocycles. The summed E-state index contributed by atoms with van der Waals surface area (Å²) in [6.07, 6.45) is -6.10. The van der Waals surface area contributed by atoms with Crippen LogP contribution in [-0.4, -0.2) is 73.5 Å². The molecule has 146 valence electrons. The zero-order valence-corrected chi connectivity index (χ0v) is 14.6. The Bertz CT molecular complexity index is 564. The number of aliphatic hydroxyl groups excluding tert-OH is 1. The Hall–Kier alpha value is -2.40. The summed E-state index contributed by atoms with van der Waals surface area (Å²) in [7, 11) is 0. The monoisotopic (exact) mass is 375 g/mol. The summed E-state index contributed by atoms with van der Waals surface area (Å²) >= 11 is 0. The van der Waals surface area contributed by atoms with Crippen LogP contribution < -0.4 is 0 Å². The second kappa shape index (κ2) is 10.6. The van der Waals surface area contributed by atoms with Gasteiger partial charge in [-0.05, 0) is 5.53 Å². The standard InChI is InChI=1S/C14H21N3O9/c1-7(19)23-11-10(6-18)26-14(22-5-4-16-17-15)13(25-9(3)21)12(11)24-8(2)20/h10-14,18H,4-6H2,1-3H3/t10-,11-,12+,13-,14+/m1/s1. The quantitative estimate of drug-likeness (QED) is 0.151. The first-order valence-electron chi connectivity index (χ1n) is 7.70. The molecule has 0 aromatic carbocycles. The summed E-state index contributed by atoms with van der Waals surface area (Å²) in [6.45, 7) is 2.67. The first kappa shape index (κ1) is 21.6. The van der Waals surface area contributed by atoms with Crippen LogP contribution in [0.15, 0.2) is 5.11 Å². The molecule has 1 aliphatic heterocycles. The molecule has 0 unspecified atom stereocenters. The van der Waals surface area contributed by atoms with Crippen LogP contribution in [0, 0.1) is 0 Å². The molecule has 1 aliphatic rings. The molecule has 0 aliphatic carbocycles. The van der Waals surface area contributed by atoms with Gasteiger partial charge in [0.15, 0.2) is 24.6 Å². The van der Waals surface area contributed by atoms with E-state index in [4.69, 9.17) is 29.2 Å². The van der Waals surface area contributed by atoms with Gasteiger partial charge in [0.1, 0.15) is 6.10 Å². The maximum atomic E-state index is 11.5. The van der Waals surface area contributed by atoms with Crippen molar-refractivity contribution in [1.29, 1.82) is 0 Å². The van der Waals surface area contributed by atoms with Crippen LogP contribution in [0.4, 0.5) is 0 Å². The van der Waals surface area contributed by atoms with Crippen molar-refractivity contribution in [2.45, 2.75) is 51.5 Å². The van der Waals surface area contributed by atoms with Crippen molar-refractivity contribution >= 4 is 17.9 Å². The van der Waals surface area contributed by atoms with Gasteiger partial charge in [0.05, 0.1) is 13.2 Å². The van der Waals surface area contributed by atoms with E-state index < -0.39 is 55.2 Å². The van der Waals surface area contributed by atoms with Crippen molar-refractivity contribution in [3.05, 3.63) is 10.4 Å². The molecule has 1 heterocycles. The molecular weight excluding hydrogens is 354 g/mol. The van der Waals surface area contributed by atoms with Crippen LogP contribution in [0.2, 0.25) is 0 Å². The molecule has 26 heavy (non-hydrogen) atoms. The van der Waals surface area contributed by atoms with E-state index in [0.29, 0.717) is 0 Å². The highest BCUT2D eigenvalue weighted by molar-refractivity contribution is 5.68. The Morgan fingerprint density at radius 1 is 1.04 bits per heavy atom. The maximum Gasteiger partial charge on any atom is 0.303 e. The number of esters is 3. The zero-order chi connectivity index (χ0) is 19.7. The number of azide groups is 1. The molecule has 0 amide bonds. The molecule has 0 spiro atoms. The molecule has 5 atom stereocenters. The minimum absolute atomic E-state index is 0.0292. The van der Waals surface area contributed by atoms with Crippen LogP contribution in [0.25, 0.3) is 10.4 Å². The normalized spacial score (nSPS) is 27.8. The van der Waals surface area contributed by atoms with Gasteiger partial charge in [0.2, 0.25) is 0 Å². The number of rotatable bonds is 8. The highest BCUT2D eigenvalue weighted by atomic mass is 16.7. The van der Waals surface area contributed by atoms with Crippen LogP contribution in [0.5, 0.6) is 0 Å². The van der Waals surface area contributed by atoms with Gasteiger partial charge in [-0.15, -0.1) is 0 Å². The van der Waals surface area contributed by atoms with Crippen molar-refractivity contribution in [2.24, 2.45) is 5.11 Å². The van der Waals surface area contributed by atoms with E-state index in [9.17, 15) is 19.5 Å². The fraction of sp³-hybridized carbons (Fsp3) is 0.786. The molecule has 0 saturated carbocycles. The van der Waals surface area contributed by atoms with E-state index in [-0.39, 0.29) is 13.2 Å². The molecule has 0 bridgehead atoms. The molecule has 12 heteroatoms. The molecule has 12 nitrogen and oxygen atoms in total. The third kappa shape index (κ3) is 6.48. The Morgan fingerprint density at radius 2 is 1.58 bits per heavy atom. The highest BCUT2D eigenvalue weighted by Crippen LogP contribution is 2.29. The van der Waals surface area contributed by atoms with Crippen LogP contribution in [0.1, 0.15) is 20.8 Å². The summed E-state index contributed by atoms with van der Waals surface area (Å²) in [4.78, 5) is 36.9. The lowest BCUT2D eigenvalue weighted by atomic mass is 9.98. The summed E-state index contributed by atoms with van der Waals surface area (Å²) in [6, 6.07) is 0. The molecule has 0 aromatic rings. The van der Waals surface area contributed by atoms with Crippen molar-refractivity contribution in [2.75, 3.05) is 19.8 Å². The minimum atomic E-state index is -1.27. The predicted octanol–water partition coefficient (Wildman–Crippen LogP) is -0.174. The number of nitrogens with zero attached hydrogens (tertiary/aromatic N) is 3. The molecule has 1 saturated heterocycles. The SMILES string of the molecule is CC(=O)O[C@@H]1[C@@H](OC(C)=O)[C@@H](OCCN=[N+]=[N-])O[C@H](CO)[C@H]1OC(C)=O. The first-order chi connectivity index (χ1) is 12.3. The zero-order valence-electron chi connectivity index (χ0n) is 14.6. The Morgan fingerprint density at radius 3 is 2.08 bits per heavy atom. The van der Waals surface area contributed by atoms with E-state index in [1.807, 2.05) is 0 Å². The number of carbonyl (C=O) groups is 3. The number of hydrogen-bond acceptors (Lipinski definition) is 10. The largest absolute Gasteiger partial charge is 0.456 e. The summed E-state index contributed by atoms with van der Waals surface area (Å²) < 4.78 is 26.3. The molecular formula is C14H21N3O9. The molecule has 1 N–H and O–H groups in total. The number of aliphatic hydroxyl groups is 1. The third-order valence-electron chi connectivity index (χ3n) is 3.21. The smallest absolute Gasteiger partial charge is 0.303 e. The Balaban J connectivity index is 3.12. The maximum absolute atomic E-state index is 11.5. The van der Waals surface area contributed by atoms with Crippen molar-refractivity contribution in [1.82, 2.24) is 0 Å². The van der Waals surface area contributed by atoms with Crippen LogP contribution in [0.3, 0.4) is 0 Å². The number of ether oxygens (including phenoxy) is 5. The topological polar surface area (TPSA) is 166 Å². The lowest BCUT2D eigenvalue weighted by Gasteiger charge is -2.43. The van der Waals surface area contributed by atoms with Crippen molar-refractivity contribution in [3.63, 3.8) is 0 Å². The number of hydrogen-bond donors (Lipinski definition) is 1. The summed E-state index contributed by atoms with van der Waals surface area (Å²) in [5, 5.41) is 12.8. The Kier molecular flexibility index (Phi) is 8.79. The lowest BCUT2D eigenvalue weighted by Crippen LogP contribution is -2.62. The van der Waals surface area contributed by atoms with E-state index >= 15 is 0 Å². The minimum Gasteiger partial charge on any atom is -0.456 e. The van der Waals surface area contributed by atoms with Gasteiger partial charge in [-0.3, -0.25) is 14.4 Å².